The molecule has 4 aromatic rings. The summed E-state index contributed by atoms with van der Waals surface area (Å²) in [5.74, 6) is 0.755. The molecule has 0 atom stereocenters. The summed E-state index contributed by atoms with van der Waals surface area (Å²) >= 11 is 1.45. The fraction of sp³-hybridized carbons (Fsp3) is 0.167. The molecular formula is C24H23FN4O2S2. The molecule has 0 fully saturated rings. The fourth-order valence-electron chi connectivity index (χ4n) is 3.15. The summed E-state index contributed by atoms with van der Waals surface area (Å²) in [4.78, 5) is 0.195. The summed E-state index contributed by atoms with van der Waals surface area (Å²) < 4.78 is 43.2. The van der Waals surface area contributed by atoms with Crippen LogP contribution in [-0.2, 0) is 22.3 Å². The van der Waals surface area contributed by atoms with Gasteiger partial charge in [-0.15, -0.1) is 10.2 Å². The number of aromatic nitrogens is 3. The van der Waals surface area contributed by atoms with Crippen LogP contribution in [0.4, 0.5) is 4.39 Å². The Bertz CT molecular complexity index is 1330. The van der Waals surface area contributed by atoms with Crippen LogP contribution in [0.5, 0.6) is 0 Å². The molecule has 0 aliphatic rings. The van der Waals surface area contributed by atoms with Crippen LogP contribution in [0.25, 0.3) is 5.69 Å². The molecular weight excluding hydrogens is 459 g/mol. The molecule has 0 spiro atoms. The number of nitrogens with one attached hydrogen (secondary N) is 1. The summed E-state index contributed by atoms with van der Waals surface area (Å²) in [5.41, 5.74) is 3.86. The number of halogens is 1. The highest BCUT2D eigenvalue weighted by atomic mass is 32.2. The van der Waals surface area contributed by atoms with Crippen molar-refractivity contribution in [2.24, 2.45) is 0 Å². The van der Waals surface area contributed by atoms with E-state index in [1.165, 1.54) is 23.9 Å². The van der Waals surface area contributed by atoms with Gasteiger partial charge in [-0.3, -0.25) is 4.57 Å². The van der Waals surface area contributed by atoms with Crippen LogP contribution in [-0.4, -0.2) is 23.2 Å². The Balaban J connectivity index is 1.59. The first-order valence-electron chi connectivity index (χ1n) is 10.3. The lowest BCUT2D eigenvalue weighted by Gasteiger charge is -2.12. The number of hydrogen-bond acceptors (Lipinski definition) is 5. The molecule has 4 rings (SSSR count). The Labute approximate surface area is 196 Å². The van der Waals surface area contributed by atoms with E-state index in [0.29, 0.717) is 16.7 Å². The van der Waals surface area contributed by atoms with E-state index in [1.807, 2.05) is 42.7 Å². The zero-order valence-corrected chi connectivity index (χ0v) is 19.8. The highest BCUT2D eigenvalue weighted by molar-refractivity contribution is 7.98. The topological polar surface area (TPSA) is 76.9 Å². The van der Waals surface area contributed by atoms with Crippen molar-refractivity contribution in [3.8, 4) is 5.69 Å². The first-order valence-corrected chi connectivity index (χ1v) is 12.7. The van der Waals surface area contributed by atoms with Gasteiger partial charge in [-0.1, -0.05) is 59.3 Å². The molecule has 3 aromatic carbocycles. The maximum atomic E-state index is 13.2. The van der Waals surface area contributed by atoms with E-state index in [0.717, 1.165) is 22.4 Å². The molecule has 0 radical (unpaired) electrons. The largest absolute Gasteiger partial charge is 0.273 e. The van der Waals surface area contributed by atoms with Crippen LogP contribution in [0.2, 0.25) is 0 Å². The standard InChI is InChI=1S/C24H23FN4O2S2/c1-17-3-11-21(12-4-17)29-23(15-26-33(30,31)22-13-5-18(2)6-14-22)27-28-24(29)32-16-19-7-9-20(25)10-8-19/h3-14,26H,15-16H2,1-2H3. The minimum Gasteiger partial charge on any atom is -0.273 e. The first-order chi connectivity index (χ1) is 15.8. The highest BCUT2D eigenvalue weighted by Crippen LogP contribution is 2.26. The van der Waals surface area contributed by atoms with Gasteiger partial charge in [-0.05, 0) is 55.8 Å². The third-order valence-electron chi connectivity index (χ3n) is 5.03. The molecule has 1 heterocycles. The molecule has 0 saturated heterocycles. The fourth-order valence-corrected chi connectivity index (χ4v) is 5.06. The van der Waals surface area contributed by atoms with Crippen molar-refractivity contribution < 1.29 is 12.8 Å². The van der Waals surface area contributed by atoms with Crippen molar-refractivity contribution in [1.82, 2.24) is 19.5 Å². The summed E-state index contributed by atoms with van der Waals surface area (Å²) in [6.45, 7) is 3.88. The van der Waals surface area contributed by atoms with E-state index in [-0.39, 0.29) is 17.3 Å². The predicted octanol–water partition coefficient (Wildman–Crippen LogP) is 4.79. The molecule has 6 nitrogen and oxygen atoms in total. The van der Waals surface area contributed by atoms with Gasteiger partial charge < -0.3 is 0 Å². The van der Waals surface area contributed by atoms with Crippen molar-refractivity contribution in [1.29, 1.82) is 0 Å². The van der Waals surface area contributed by atoms with Gasteiger partial charge in [0.05, 0.1) is 11.4 Å². The zero-order valence-electron chi connectivity index (χ0n) is 18.2. The smallest absolute Gasteiger partial charge is 0.240 e. The lowest BCUT2D eigenvalue weighted by molar-refractivity contribution is 0.578. The zero-order chi connectivity index (χ0) is 23.4. The van der Waals surface area contributed by atoms with Crippen LogP contribution >= 0.6 is 11.8 Å². The van der Waals surface area contributed by atoms with E-state index in [9.17, 15) is 12.8 Å². The molecule has 0 unspecified atom stereocenters. The second-order valence-electron chi connectivity index (χ2n) is 7.62. The number of aryl methyl sites for hydroxylation is 2. The predicted molar refractivity (Wildman–Crippen MR) is 127 cm³/mol. The summed E-state index contributed by atoms with van der Waals surface area (Å²) in [5, 5.41) is 9.18. The van der Waals surface area contributed by atoms with E-state index in [2.05, 4.69) is 14.9 Å². The number of rotatable bonds is 8. The molecule has 0 aliphatic heterocycles. The van der Waals surface area contributed by atoms with E-state index >= 15 is 0 Å². The quantitative estimate of drug-likeness (QED) is 0.365. The first kappa shape index (κ1) is 23.2. The number of thioether (sulfide) groups is 1. The van der Waals surface area contributed by atoms with Gasteiger partial charge in [0.25, 0.3) is 0 Å². The molecule has 0 aliphatic carbocycles. The van der Waals surface area contributed by atoms with E-state index in [4.69, 9.17) is 0 Å². The average molecular weight is 483 g/mol. The average Bonchev–Trinajstić information content (AvgIpc) is 3.21. The minimum absolute atomic E-state index is 0.0196. The van der Waals surface area contributed by atoms with Crippen LogP contribution in [0.15, 0.2) is 82.8 Å². The highest BCUT2D eigenvalue weighted by Gasteiger charge is 2.19. The third kappa shape index (κ3) is 5.68. The Hall–Kier alpha value is -3.01. The number of hydrogen-bond donors (Lipinski definition) is 1. The summed E-state index contributed by atoms with van der Waals surface area (Å²) in [6.07, 6.45) is 0. The number of nitrogens with zero attached hydrogens (tertiary/aromatic N) is 3. The van der Waals surface area contributed by atoms with Gasteiger partial charge in [0.15, 0.2) is 11.0 Å². The lowest BCUT2D eigenvalue weighted by Crippen LogP contribution is -2.25. The summed E-state index contributed by atoms with van der Waals surface area (Å²) in [6, 6.07) is 20.8. The van der Waals surface area contributed by atoms with Gasteiger partial charge >= 0.3 is 0 Å². The molecule has 33 heavy (non-hydrogen) atoms. The van der Waals surface area contributed by atoms with Gasteiger partial charge in [0, 0.05) is 11.4 Å². The van der Waals surface area contributed by atoms with Crippen LogP contribution < -0.4 is 4.72 Å². The van der Waals surface area contributed by atoms with Gasteiger partial charge in [0.1, 0.15) is 5.82 Å². The summed E-state index contributed by atoms with van der Waals surface area (Å²) in [7, 11) is -3.70. The van der Waals surface area contributed by atoms with Crippen LogP contribution in [0.1, 0.15) is 22.5 Å². The van der Waals surface area contributed by atoms with Crippen molar-refractivity contribution in [3.63, 3.8) is 0 Å². The maximum Gasteiger partial charge on any atom is 0.240 e. The lowest BCUT2D eigenvalue weighted by atomic mass is 10.2. The molecule has 0 amide bonds. The molecule has 0 bridgehead atoms. The van der Waals surface area contributed by atoms with Crippen molar-refractivity contribution in [2.75, 3.05) is 0 Å². The number of benzene rings is 3. The van der Waals surface area contributed by atoms with E-state index in [1.54, 1.807) is 36.4 Å². The van der Waals surface area contributed by atoms with E-state index < -0.39 is 10.0 Å². The Morgan fingerprint density at radius 1 is 0.879 bits per heavy atom. The molecule has 1 aromatic heterocycles. The normalized spacial score (nSPS) is 11.6. The monoisotopic (exact) mass is 482 g/mol. The molecule has 9 heteroatoms. The molecule has 1 N–H and O–H groups in total. The maximum absolute atomic E-state index is 13.2. The minimum atomic E-state index is -3.70. The Morgan fingerprint density at radius 3 is 2.12 bits per heavy atom. The van der Waals surface area contributed by atoms with Gasteiger partial charge in [0.2, 0.25) is 10.0 Å². The Kier molecular flexibility index (Phi) is 6.92. The van der Waals surface area contributed by atoms with Crippen LogP contribution in [0.3, 0.4) is 0 Å². The van der Waals surface area contributed by atoms with Crippen molar-refractivity contribution in [2.45, 2.75) is 36.2 Å². The third-order valence-corrected chi connectivity index (χ3v) is 7.44. The van der Waals surface area contributed by atoms with Gasteiger partial charge in [-0.2, -0.15) is 0 Å². The Morgan fingerprint density at radius 2 is 1.48 bits per heavy atom. The van der Waals surface area contributed by atoms with Crippen molar-refractivity contribution >= 4 is 21.8 Å². The second kappa shape index (κ2) is 9.86. The molecule has 0 saturated carbocycles. The number of sulfonamides is 1. The second-order valence-corrected chi connectivity index (χ2v) is 10.3. The van der Waals surface area contributed by atoms with Crippen molar-refractivity contribution in [3.05, 3.63) is 101 Å². The van der Waals surface area contributed by atoms with Gasteiger partial charge in [-0.25, -0.2) is 17.5 Å². The SMILES string of the molecule is Cc1ccc(-n2c(CNS(=O)(=O)c3ccc(C)cc3)nnc2SCc2ccc(F)cc2)cc1. The van der Waals surface area contributed by atoms with Crippen LogP contribution in [0, 0.1) is 19.7 Å². The molecule has 170 valence electrons.